The molecule has 1 N–H and O–H groups in total. The van der Waals surface area contributed by atoms with Gasteiger partial charge in [-0.25, -0.2) is 4.79 Å². The molecule has 0 atom stereocenters. The van der Waals surface area contributed by atoms with Gasteiger partial charge in [0.05, 0.1) is 23.7 Å². The first kappa shape index (κ1) is 15.3. The van der Waals surface area contributed by atoms with E-state index in [2.05, 4.69) is 47.0 Å². The van der Waals surface area contributed by atoms with Crippen molar-refractivity contribution in [3.8, 4) is 11.1 Å². The number of hydrogen-bond donors (Lipinski definition) is 1. The fraction of sp³-hybridized carbons (Fsp3) is 0.150. The van der Waals surface area contributed by atoms with Gasteiger partial charge in [0.2, 0.25) is 0 Å². The second-order valence-corrected chi connectivity index (χ2v) is 6.15. The Hall–Kier alpha value is -3.21. The second-order valence-electron chi connectivity index (χ2n) is 6.15. The number of methoxy groups -OCH3 is 1. The van der Waals surface area contributed by atoms with Crippen LogP contribution in [0.25, 0.3) is 33.1 Å². The van der Waals surface area contributed by atoms with Crippen molar-refractivity contribution in [3.05, 3.63) is 59.5 Å². The lowest BCUT2D eigenvalue weighted by molar-refractivity contribution is 0.0600. The van der Waals surface area contributed by atoms with E-state index in [0.717, 1.165) is 38.6 Å². The molecule has 0 radical (unpaired) electrons. The number of aromatic amines is 1. The van der Waals surface area contributed by atoms with E-state index in [9.17, 15) is 4.79 Å². The molecule has 0 amide bonds. The summed E-state index contributed by atoms with van der Waals surface area (Å²) in [5, 5.41) is 1.03. The van der Waals surface area contributed by atoms with Crippen LogP contribution in [-0.4, -0.2) is 28.0 Å². The molecule has 0 bridgehead atoms. The molecule has 0 saturated heterocycles. The van der Waals surface area contributed by atoms with Crippen LogP contribution in [0.4, 0.5) is 0 Å². The lowest BCUT2D eigenvalue weighted by Crippen LogP contribution is -2.01. The highest BCUT2D eigenvalue weighted by Crippen LogP contribution is 2.31. The molecule has 4 aromatic rings. The van der Waals surface area contributed by atoms with Crippen molar-refractivity contribution in [2.45, 2.75) is 13.8 Å². The smallest absolute Gasteiger partial charge is 0.339 e. The standard InChI is InChI=1S/C20H17N3O2/c1-11-8-21-9-12(2)18(11)13-4-5-15-16(6-13)23-17-7-14(20(24)25-3)10-22-19(15)17/h4-10,23H,1-3H3. The zero-order chi connectivity index (χ0) is 17.6. The van der Waals surface area contributed by atoms with Crippen LogP contribution in [0, 0.1) is 13.8 Å². The van der Waals surface area contributed by atoms with Gasteiger partial charge in [-0.1, -0.05) is 12.1 Å². The summed E-state index contributed by atoms with van der Waals surface area (Å²) < 4.78 is 4.76. The van der Waals surface area contributed by atoms with Crippen molar-refractivity contribution in [1.29, 1.82) is 0 Å². The van der Waals surface area contributed by atoms with Gasteiger partial charge in [0, 0.05) is 29.5 Å². The third-order valence-corrected chi connectivity index (χ3v) is 4.47. The molecule has 3 heterocycles. The molecular formula is C20H17N3O2. The third kappa shape index (κ3) is 2.45. The third-order valence-electron chi connectivity index (χ3n) is 4.47. The average molecular weight is 331 g/mol. The number of hydrogen-bond acceptors (Lipinski definition) is 4. The number of pyridine rings is 2. The van der Waals surface area contributed by atoms with Crippen LogP contribution >= 0.6 is 0 Å². The fourth-order valence-electron chi connectivity index (χ4n) is 3.32. The van der Waals surface area contributed by atoms with Crippen molar-refractivity contribution in [3.63, 3.8) is 0 Å². The number of H-pyrrole nitrogens is 1. The lowest BCUT2D eigenvalue weighted by Gasteiger charge is -2.09. The highest BCUT2D eigenvalue weighted by atomic mass is 16.5. The van der Waals surface area contributed by atoms with E-state index in [1.54, 1.807) is 12.3 Å². The van der Waals surface area contributed by atoms with E-state index in [4.69, 9.17) is 4.74 Å². The fourth-order valence-corrected chi connectivity index (χ4v) is 3.32. The van der Waals surface area contributed by atoms with Crippen molar-refractivity contribution >= 4 is 27.9 Å². The quantitative estimate of drug-likeness (QED) is 0.559. The molecule has 5 nitrogen and oxygen atoms in total. The number of carbonyl (C=O) groups is 1. The molecule has 124 valence electrons. The summed E-state index contributed by atoms with van der Waals surface area (Å²) in [7, 11) is 1.36. The van der Waals surface area contributed by atoms with E-state index < -0.39 is 5.97 Å². The predicted octanol–water partition coefficient (Wildman–Crippen LogP) is 4.18. The molecule has 25 heavy (non-hydrogen) atoms. The molecule has 0 saturated carbocycles. The van der Waals surface area contributed by atoms with Gasteiger partial charge in [-0.3, -0.25) is 9.97 Å². The van der Waals surface area contributed by atoms with Crippen LogP contribution in [-0.2, 0) is 4.74 Å². The van der Waals surface area contributed by atoms with Gasteiger partial charge in [-0.05, 0) is 48.2 Å². The van der Waals surface area contributed by atoms with E-state index in [1.165, 1.54) is 12.7 Å². The molecule has 4 rings (SSSR count). The van der Waals surface area contributed by atoms with Crippen LogP contribution in [0.15, 0.2) is 42.9 Å². The first-order chi connectivity index (χ1) is 12.1. The Kier molecular flexibility index (Phi) is 3.50. The summed E-state index contributed by atoms with van der Waals surface area (Å²) in [6.07, 6.45) is 5.30. The minimum Gasteiger partial charge on any atom is -0.465 e. The van der Waals surface area contributed by atoms with E-state index >= 15 is 0 Å². The molecule has 3 aromatic heterocycles. The van der Waals surface area contributed by atoms with E-state index in [-0.39, 0.29) is 0 Å². The van der Waals surface area contributed by atoms with E-state index in [0.29, 0.717) is 5.56 Å². The zero-order valence-corrected chi connectivity index (χ0v) is 14.3. The average Bonchev–Trinajstić information content (AvgIpc) is 2.97. The van der Waals surface area contributed by atoms with Crippen LogP contribution in [0.3, 0.4) is 0 Å². The highest BCUT2D eigenvalue weighted by molar-refractivity contribution is 6.07. The summed E-state index contributed by atoms with van der Waals surface area (Å²) in [5.74, 6) is -0.392. The molecule has 1 aromatic carbocycles. The highest BCUT2D eigenvalue weighted by Gasteiger charge is 2.13. The van der Waals surface area contributed by atoms with Gasteiger partial charge >= 0.3 is 5.97 Å². The first-order valence-corrected chi connectivity index (χ1v) is 8.00. The topological polar surface area (TPSA) is 67.9 Å². The summed E-state index contributed by atoms with van der Waals surface area (Å²) in [6.45, 7) is 4.13. The molecule has 0 unspecified atom stereocenters. The lowest BCUT2D eigenvalue weighted by atomic mass is 9.97. The number of rotatable bonds is 2. The molecular weight excluding hydrogens is 314 g/mol. The van der Waals surface area contributed by atoms with Gasteiger partial charge in [0.1, 0.15) is 0 Å². The van der Waals surface area contributed by atoms with Gasteiger partial charge in [0.15, 0.2) is 0 Å². The van der Waals surface area contributed by atoms with Gasteiger partial charge in [0.25, 0.3) is 0 Å². The number of esters is 1. The maximum atomic E-state index is 11.7. The maximum absolute atomic E-state index is 11.7. The summed E-state index contributed by atoms with van der Waals surface area (Å²) >= 11 is 0. The Morgan fingerprint density at radius 2 is 1.80 bits per heavy atom. The molecule has 5 heteroatoms. The number of carbonyl (C=O) groups excluding carboxylic acids is 1. The molecule has 0 spiro atoms. The Morgan fingerprint density at radius 3 is 2.52 bits per heavy atom. The molecule has 0 fully saturated rings. The van der Waals surface area contributed by atoms with Crippen molar-refractivity contribution < 1.29 is 9.53 Å². The van der Waals surface area contributed by atoms with Crippen molar-refractivity contribution in [1.82, 2.24) is 15.0 Å². The minimum atomic E-state index is -0.392. The van der Waals surface area contributed by atoms with Gasteiger partial charge in [-0.15, -0.1) is 0 Å². The monoisotopic (exact) mass is 331 g/mol. The molecule has 0 aliphatic heterocycles. The Balaban J connectivity index is 1.91. The van der Waals surface area contributed by atoms with Crippen LogP contribution in [0.2, 0.25) is 0 Å². The molecule has 0 aliphatic carbocycles. The van der Waals surface area contributed by atoms with Crippen LogP contribution in [0.5, 0.6) is 0 Å². The number of aryl methyl sites for hydroxylation is 2. The molecule has 0 aliphatic rings. The number of nitrogens with zero attached hydrogens (tertiary/aromatic N) is 2. The summed E-state index contributed by atoms with van der Waals surface area (Å²) in [5.41, 5.74) is 7.68. The number of aromatic nitrogens is 3. The van der Waals surface area contributed by atoms with Gasteiger partial charge < -0.3 is 9.72 Å². The SMILES string of the molecule is COC(=O)c1cnc2c(c1)[nH]c1cc(-c3c(C)cncc3C)ccc12. The van der Waals surface area contributed by atoms with Gasteiger partial charge in [-0.2, -0.15) is 0 Å². The van der Waals surface area contributed by atoms with Crippen molar-refractivity contribution in [2.24, 2.45) is 0 Å². The zero-order valence-electron chi connectivity index (χ0n) is 14.3. The Labute approximate surface area is 144 Å². The first-order valence-electron chi connectivity index (χ1n) is 8.00. The Morgan fingerprint density at radius 1 is 1.04 bits per heavy atom. The van der Waals surface area contributed by atoms with Crippen LogP contribution in [0.1, 0.15) is 21.5 Å². The summed E-state index contributed by atoms with van der Waals surface area (Å²) in [6, 6.07) is 8.05. The predicted molar refractivity (Wildman–Crippen MR) is 97.6 cm³/mol. The minimum absolute atomic E-state index is 0.392. The van der Waals surface area contributed by atoms with Crippen LogP contribution < -0.4 is 0 Å². The second kappa shape index (κ2) is 5.70. The van der Waals surface area contributed by atoms with Crippen molar-refractivity contribution in [2.75, 3.05) is 7.11 Å². The number of benzene rings is 1. The number of fused-ring (bicyclic) bond motifs is 3. The van der Waals surface area contributed by atoms with E-state index in [1.807, 2.05) is 12.4 Å². The normalized spacial score (nSPS) is 11.2. The summed E-state index contributed by atoms with van der Waals surface area (Å²) in [4.78, 5) is 23.7. The Bertz CT molecular complexity index is 1110. The largest absolute Gasteiger partial charge is 0.465 e. The maximum Gasteiger partial charge on any atom is 0.339 e. The number of ether oxygens (including phenoxy) is 1. The number of nitrogens with one attached hydrogen (secondary N) is 1.